The maximum absolute atomic E-state index is 13.3. The topological polar surface area (TPSA) is 114 Å². The van der Waals surface area contributed by atoms with Crippen molar-refractivity contribution in [1.29, 1.82) is 0 Å². The lowest BCUT2D eigenvalue weighted by Gasteiger charge is -2.32. The number of amides is 2. The molecule has 2 aromatic carbocycles. The van der Waals surface area contributed by atoms with E-state index in [1.165, 1.54) is 21.3 Å². The predicted molar refractivity (Wildman–Crippen MR) is 135 cm³/mol. The number of anilines is 1. The Morgan fingerprint density at radius 3 is 2.49 bits per heavy atom. The Labute approximate surface area is 216 Å². The van der Waals surface area contributed by atoms with E-state index in [0.29, 0.717) is 49.5 Å². The number of sulfonamides is 1. The first-order chi connectivity index (χ1) is 17.7. The predicted octanol–water partition coefficient (Wildman–Crippen LogP) is 2.48. The molecule has 0 aromatic heterocycles. The molecule has 1 fully saturated rings. The van der Waals surface area contributed by atoms with Gasteiger partial charge < -0.3 is 19.5 Å². The van der Waals surface area contributed by atoms with Crippen molar-refractivity contribution in [2.24, 2.45) is 5.92 Å². The van der Waals surface area contributed by atoms with E-state index in [1.807, 2.05) is 19.1 Å². The number of carbonyl (C=O) groups is 2. The Hall–Kier alpha value is -3.31. The van der Waals surface area contributed by atoms with Gasteiger partial charge in [0, 0.05) is 13.1 Å². The van der Waals surface area contributed by atoms with Crippen LogP contribution in [0.1, 0.15) is 38.3 Å². The molecular formula is C26H31N3O7S. The number of benzene rings is 2. The molecule has 10 nitrogen and oxygen atoms in total. The van der Waals surface area contributed by atoms with Gasteiger partial charge in [0.05, 0.1) is 16.6 Å². The minimum Gasteiger partial charge on any atom is -0.486 e. The third-order valence-electron chi connectivity index (χ3n) is 7.00. The molecule has 198 valence electrons. The van der Waals surface area contributed by atoms with Crippen molar-refractivity contribution in [2.45, 2.75) is 37.6 Å². The van der Waals surface area contributed by atoms with Crippen LogP contribution in [0.4, 0.5) is 5.69 Å². The third kappa shape index (κ3) is 5.24. The van der Waals surface area contributed by atoms with Gasteiger partial charge in [-0.15, -0.1) is 0 Å². The summed E-state index contributed by atoms with van der Waals surface area (Å²) in [5, 5.41) is 2.91. The van der Waals surface area contributed by atoms with Crippen LogP contribution >= 0.6 is 0 Å². The van der Waals surface area contributed by atoms with Crippen molar-refractivity contribution >= 4 is 27.5 Å². The van der Waals surface area contributed by atoms with Gasteiger partial charge in [0.1, 0.15) is 25.5 Å². The molecule has 3 aliphatic heterocycles. The highest BCUT2D eigenvalue weighted by Gasteiger charge is 2.32. The molecule has 3 aliphatic rings. The van der Waals surface area contributed by atoms with E-state index in [1.54, 1.807) is 12.1 Å². The van der Waals surface area contributed by atoms with Crippen molar-refractivity contribution in [3.63, 3.8) is 0 Å². The number of hydrogen-bond donors (Lipinski definition) is 1. The number of hydrogen-bond acceptors (Lipinski definition) is 7. The lowest BCUT2D eigenvalue weighted by atomic mass is 10.0. The molecule has 0 spiro atoms. The van der Waals surface area contributed by atoms with Crippen LogP contribution in [0.5, 0.6) is 17.2 Å². The van der Waals surface area contributed by atoms with E-state index < -0.39 is 15.9 Å². The minimum atomic E-state index is -3.73. The molecule has 3 heterocycles. The normalized spacial score (nSPS) is 19.1. The van der Waals surface area contributed by atoms with Crippen molar-refractivity contribution < 1.29 is 32.2 Å². The first-order valence-electron chi connectivity index (χ1n) is 12.5. The zero-order valence-electron chi connectivity index (χ0n) is 20.9. The van der Waals surface area contributed by atoms with Crippen LogP contribution in [0.15, 0.2) is 41.3 Å². The molecule has 0 bridgehead atoms. The highest BCUT2D eigenvalue weighted by atomic mass is 32.2. The smallest absolute Gasteiger partial charge is 0.265 e. The standard InChI is InChI=1S/C26H31N3O7S/c1-17-7-9-28(10-8-17)37(32,33)20-4-6-22-21(14-20)29(26(31)16-36-22)15-25(30)27-18(2)19-3-5-23-24(13-19)35-12-11-34-23/h3-6,13-14,17-18H,7-12,15-16H2,1-2H3,(H,27,30)/t18-/m0/s1. The van der Waals surface area contributed by atoms with Gasteiger partial charge in [-0.25, -0.2) is 8.42 Å². The molecule has 0 aliphatic carbocycles. The number of ether oxygens (including phenoxy) is 3. The highest BCUT2D eigenvalue weighted by molar-refractivity contribution is 7.89. The first-order valence-corrected chi connectivity index (χ1v) is 13.9. The molecule has 0 radical (unpaired) electrons. The monoisotopic (exact) mass is 529 g/mol. The number of piperidine rings is 1. The van der Waals surface area contributed by atoms with Crippen LogP contribution < -0.4 is 24.4 Å². The summed E-state index contributed by atoms with van der Waals surface area (Å²) in [7, 11) is -3.73. The molecule has 1 N–H and O–H groups in total. The van der Waals surface area contributed by atoms with Crippen LogP contribution in [-0.2, 0) is 19.6 Å². The van der Waals surface area contributed by atoms with Gasteiger partial charge in [-0.1, -0.05) is 13.0 Å². The first kappa shape index (κ1) is 25.3. The van der Waals surface area contributed by atoms with Gasteiger partial charge in [-0.2, -0.15) is 4.31 Å². The van der Waals surface area contributed by atoms with Crippen LogP contribution in [0.25, 0.3) is 0 Å². The fraction of sp³-hybridized carbons (Fsp3) is 0.462. The van der Waals surface area contributed by atoms with Crippen molar-refractivity contribution in [3.8, 4) is 17.2 Å². The summed E-state index contributed by atoms with van der Waals surface area (Å²) in [5.74, 6) is 1.32. The zero-order valence-corrected chi connectivity index (χ0v) is 21.8. The quantitative estimate of drug-likeness (QED) is 0.612. The summed E-state index contributed by atoms with van der Waals surface area (Å²) >= 11 is 0. The van der Waals surface area contributed by atoms with E-state index in [2.05, 4.69) is 12.2 Å². The van der Waals surface area contributed by atoms with Crippen molar-refractivity contribution in [2.75, 3.05) is 44.4 Å². The maximum atomic E-state index is 13.3. The summed E-state index contributed by atoms with van der Waals surface area (Å²) in [6.45, 7) is 5.33. The number of rotatable bonds is 6. The van der Waals surface area contributed by atoms with Crippen molar-refractivity contribution in [3.05, 3.63) is 42.0 Å². The molecule has 1 atom stereocenters. The molecule has 1 saturated heterocycles. The number of fused-ring (bicyclic) bond motifs is 2. The average molecular weight is 530 g/mol. The Morgan fingerprint density at radius 1 is 1.03 bits per heavy atom. The molecule has 2 amide bonds. The van der Waals surface area contributed by atoms with Crippen LogP contribution in [0.3, 0.4) is 0 Å². The Balaban J connectivity index is 1.32. The summed E-state index contributed by atoms with van der Waals surface area (Å²) < 4.78 is 44.7. The molecule has 0 saturated carbocycles. The van der Waals surface area contributed by atoms with Gasteiger partial charge in [0.25, 0.3) is 5.91 Å². The number of carbonyl (C=O) groups excluding carboxylic acids is 2. The van der Waals surface area contributed by atoms with Crippen LogP contribution in [0.2, 0.25) is 0 Å². The molecular weight excluding hydrogens is 498 g/mol. The lowest BCUT2D eigenvalue weighted by molar-refractivity contribution is -0.125. The van der Waals surface area contributed by atoms with E-state index in [4.69, 9.17) is 14.2 Å². The van der Waals surface area contributed by atoms with Gasteiger partial charge in [0.2, 0.25) is 15.9 Å². The van der Waals surface area contributed by atoms with Crippen molar-refractivity contribution in [1.82, 2.24) is 9.62 Å². The second-order valence-corrected chi connectivity index (χ2v) is 11.6. The minimum absolute atomic E-state index is 0.0779. The fourth-order valence-corrected chi connectivity index (χ4v) is 6.22. The summed E-state index contributed by atoms with van der Waals surface area (Å²) in [6.07, 6.45) is 1.61. The van der Waals surface area contributed by atoms with Gasteiger partial charge >= 0.3 is 0 Å². The largest absolute Gasteiger partial charge is 0.486 e. The van der Waals surface area contributed by atoms with E-state index in [9.17, 15) is 18.0 Å². The maximum Gasteiger partial charge on any atom is 0.265 e. The average Bonchev–Trinajstić information content (AvgIpc) is 2.90. The molecule has 11 heteroatoms. The summed E-state index contributed by atoms with van der Waals surface area (Å²) in [6, 6.07) is 9.59. The Kier molecular flexibility index (Phi) is 7.00. The molecule has 5 rings (SSSR count). The highest BCUT2D eigenvalue weighted by Crippen LogP contribution is 2.36. The molecule has 0 unspecified atom stereocenters. The Bertz CT molecular complexity index is 1310. The number of nitrogens with one attached hydrogen (secondary N) is 1. The van der Waals surface area contributed by atoms with Gasteiger partial charge in [0.15, 0.2) is 18.1 Å². The Morgan fingerprint density at radius 2 is 1.73 bits per heavy atom. The van der Waals surface area contributed by atoms with Gasteiger partial charge in [-0.05, 0) is 61.6 Å². The van der Waals surface area contributed by atoms with Crippen LogP contribution in [-0.4, -0.2) is 64.0 Å². The molecule has 2 aromatic rings. The SMILES string of the molecule is CC1CCN(S(=O)(=O)c2ccc3c(c2)N(CC(=O)N[C@@H](C)c2ccc4c(c2)OCCO4)C(=O)CO3)CC1. The third-order valence-corrected chi connectivity index (χ3v) is 8.89. The second kappa shape index (κ2) is 10.2. The summed E-state index contributed by atoms with van der Waals surface area (Å²) in [4.78, 5) is 27.1. The van der Waals surface area contributed by atoms with E-state index in [-0.39, 0.29) is 35.7 Å². The van der Waals surface area contributed by atoms with E-state index in [0.717, 1.165) is 18.4 Å². The fourth-order valence-electron chi connectivity index (χ4n) is 4.73. The molecule has 37 heavy (non-hydrogen) atoms. The zero-order chi connectivity index (χ0) is 26.2. The van der Waals surface area contributed by atoms with Gasteiger partial charge in [-0.3, -0.25) is 14.5 Å². The lowest BCUT2D eigenvalue weighted by Crippen LogP contribution is -2.45. The van der Waals surface area contributed by atoms with E-state index >= 15 is 0 Å². The summed E-state index contributed by atoms with van der Waals surface area (Å²) in [5.41, 5.74) is 1.10. The van der Waals surface area contributed by atoms with Crippen LogP contribution in [0, 0.1) is 5.92 Å². The second-order valence-electron chi connectivity index (χ2n) is 9.68. The number of nitrogens with zero attached hydrogens (tertiary/aromatic N) is 2.